The van der Waals surface area contributed by atoms with Gasteiger partial charge in [-0.05, 0) is 50.2 Å². The lowest BCUT2D eigenvalue weighted by Gasteiger charge is -2.13. The molecule has 3 rings (SSSR count). The minimum absolute atomic E-state index is 0.0940. The molecule has 2 aromatic carbocycles. The fourth-order valence-electron chi connectivity index (χ4n) is 2.90. The Kier molecular flexibility index (Phi) is 7.26. The summed E-state index contributed by atoms with van der Waals surface area (Å²) < 4.78 is 1.74. The number of aromatic carboxylic acids is 1. The lowest BCUT2D eigenvalue weighted by molar-refractivity contribution is -0.113. The second kappa shape index (κ2) is 10.1. The highest BCUT2D eigenvalue weighted by Crippen LogP contribution is 2.20. The molecule has 0 aliphatic carbocycles. The molecule has 0 aliphatic heterocycles. The molecule has 2 amide bonds. The Balaban J connectivity index is 1.55. The van der Waals surface area contributed by atoms with Crippen molar-refractivity contribution < 1.29 is 19.5 Å². The zero-order valence-corrected chi connectivity index (χ0v) is 18.6. The molecule has 1 aromatic heterocycles. The normalized spacial score (nSPS) is 11.6. The van der Waals surface area contributed by atoms with Crippen molar-refractivity contribution in [3.05, 3.63) is 71.0 Å². The van der Waals surface area contributed by atoms with Crippen molar-refractivity contribution >= 4 is 35.2 Å². The van der Waals surface area contributed by atoms with Gasteiger partial charge in [-0.25, -0.2) is 4.79 Å². The van der Waals surface area contributed by atoms with Gasteiger partial charge in [0.05, 0.1) is 17.4 Å². The Hall–Kier alpha value is -3.66. The van der Waals surface area contributed by atoms with Crippen LogP contribution in [0.25, 0.3) is 0 Å². The van der Waals surface area contributed by atoms with Crippen molar-refractivity contribution in [2.24, 2.45) is 7.05 Å². The van der Waals surface area contributed by atoms with Crippen LogP contribution in [0.15, 0.2) is 53.7 Å². The van der Waals surface area contributed by atoms with E-state index in [0.29, 0.717) is 22.2 Å². The van der Waals surface area contributed by atoms with Crippen molar-refractivity contribution in [2.45, 2.75) is 25.0 Å². The van der Waals surface area contributed by atoms with E-state index in [1.165, 1.54) is 36.0 Å². The van der Waals surface area contributed by atoms with Gasteiger partial charge in [0, 0.05) is 18.3 Å². The molecule has 0 unspecified atom stereocenters. The van der Waals surface area contributed by atoms with E-state index in [1.54, 1.807) is 23.7 Å². The molecule has 0 aliphatic rings. The molecule has 9 nitrogen and oxygen atoms in total. The van der Waals surface area contributed by atoms with Crippen LogP contribution in [-0.2, 0) is 11.8 Å². The number of hydrogen-bond donors (Lipinski definition) is 3. The Morgan fingerprint density at radius 1 is 1.03 bits per heavy atom. The molecule has 10 heteroatoms. The van der Waals surface area contributed by atoms with Gasteiger partial charge >= 0.3 is 5.97 Å². The predicted octanol–water partition coefficient (Wildman–Crippen LogP) is 3.04. The topological polar surface area (TPSA) is 126 Å². The second-order valence-electron chi connectivity index (χ2n) is 7.18. The molecule has 0 saturated carbocycles. The number of hydrogen-bond acceptors (Lipinski definition) is 6. The number of thioether (sulfide) groups is 1. The molecule has 32 heavy (non-hydrogen) atoms. The molecule has 0 spiro atoms. The monoisotopic (exact) mass is 453 g/mol. The maximum atomic E-state index is 12.4. The summed E-state index contributed by atoms with van der Waals surface area (Å²) in [6.07, 6.45) is 0. The quantitative estimate of drug-likeness (QED) is 0.448. The summed E-state index contributed by atoms with van der Waals surface area (Å²) in [5.41, 5.74) is 2.29. The number of aromatic nitrogens is 3. The third-order valence-electron chi connectivity index (χ3n) is 4.67. The Morgan fingerprint density at radius 2 is 1.66 bits per heavy atom. The van der Waals surface area contributed by atoms with E-state index in [1.807, 2.05) is 26.0 Å². The summed E-state index contributed by atoms with van der Waals surface area (Å²) in [5.74, 6) is -0.832. The first kappa shape index (κ1) is 23.0. The number of carbonyl (C=O) groups excluding carboxylic acids is 2. The molecular formula is C22H23N5O4S. The molecule has 166 valence electrons. The van der Waals surface area contributed by atoms with E-state index in [2.05, 4.69) is 20.8 Å². The van der Waals surface area contributed by atoms with Gasteiger partial charge in [0.15, 0.2) is 11.0 Å². The average molecular weight is 454 g/mol. The predicted molar refractivity (Wildman–Crippen MR) is 121 cm³/mol. The lowest BCUT2D eigenvalue weighted by atomic mass is 10.1. The van der Waals surface area contributed by atoms with Crippen LogP contribution >= 0.6 is 11.8 Å². The largest absolute Gasteiger partial charge is 0.478 e. The van der Waals surface area contributed by atoms with Crippen molar-refractivity contribution in [1.29, 1.82) is 0 Å². The van der Waals surface area contributed by atoms with E-state index in [0.717, 1.165) is 5.56 Å². The van der Waals surface area contributed by atoms with Crippen LogP contribution in [0.2, 0.25) is 0 Å². The summed E-state index contributed by atoms with van der Waals surface area (Å²) >= 11 is 1.21. The summed E-state index contributed by atoms with van der Waals surface area (Å²) in [5, 5.41) is 23.3. The lowest BCUT2D eigenvalue weighted by Crippen LogP contribution is -2.28. The Labute approximate surface area is 189 Å². The van der Waals surface area contributed by atoms with E-state index < -0.39 is 5.97 Å². The first-order chi connectivity index (χ1) is 15.2. The van der Waals surface area contributed by atoms with Crippen LogP contribution in [0, 0.1) is 6.92 Å². The smallest absolute Gasteiger partial charge is 0.335 e. The number of aryl methyl sites for hydroxylation is 1. The SMILES string of the molecule is Cc1ccc(C(=O)N[C@H](C)c2nnc(SCC(=O)Nc3ccc(C(=O)O)cc3)n2C)cc1. The number of rotatable bonds is 8. The van der Waals surface area contributed by atoms with Crippen LogP contribution in [0.1, 0.15) is 45.1 Å². The fourth-order valence-corrected chi connectivity index (χ4v) is 3.62. The number of benzene rings is 2. The molecule has 0 fully saturated rings. The number of nitrogens with zero attached hydrogens (tertiary/aromatic N) is 3. The van der Waals surface area contributed by atoms with E-state index >= 15 is 0 Å². The number of anilines is 1. The zero-order valence-electron chi connectivity index (χ0n) is 17.8. The first-order valence-corrected chi connectivity index (χ1v) is 10.8. The van der Waals surface area contributed by atoms with Crippen LogP contribution in [0.3, 0.4) is 0 Å². The highest BCUT2D eigenvalue weighted by Gasteiger charge is 2.19. The van der Waals surface area contributed by atoms with Gasteiger partial charge in [0.1, 0.15) is 0 Å². The fraction of sp³-hybridized carbons (Fsp3) is 0.227. The van der Waals surface area contributed by atoms with Gasteiger partial charge in [0.2, 0.25) is 5.91 Å². The molecule has 1 heterocycles. The minimum atomic E-state index is -1.03. The average Bonchev–Trinajstić information content (AvgIpc) is 3.13. The molecule has 3 aromatic rings. The number of carbonyl (C=O) groups is 3. The van der Waals surface area contributed by atoms with Gasteiger partial charge < -0.3 is 20.3 Å². The van der Waals surface area contributed by atoms with E-state index in [4.69, 9.17) is 5.11 Å². The van der Waals surface area contributed by atoms with Crippen molar-refractivity contribution in [1.82, 2.24) is 20.1 Å². The second-order valence-corrected chi connectivity index (χ2v) is 8.12. The standard InChI is InChI=1S/C22H23N5O4S/c1-13-4-6-15(7-5-13)20(29)23-14(2)19-25-26-22(27(19)3)32-12-18(28)24-17-10-8-16(9-11-17)21(30)31/h4-11,14H,12H2,1-3H3,(H,23,29)(H,24,28)(H,30,31)/t14-/m1/s1. The van der Waals surface area contributed by atoms with Crippen molar-refractivity contribution in [3.63, 3.8) is 0 Å². The van der Waals surface area contributed by atoms with E-state index in [-0.39, 0.29) is 29.2 Å². The van der Waals surface area contributed by atoms with Crippen LogP contribution in [-0.4, -0.2) is 43.4 Å². The summed E-state index contributed by atoms with van der Waals surface area (Å²) in [6, 6.07) is 12.8. The van der Waals surface area contributed by atoms with E-state index in [9.17, 15) is 14.4 Å². The Morgan fingerprint density at radius 3 is 2.28 bits per heavy atom. The number of nitrogens with one attached hydrogen (secondary N) is 2. The molecule has 0 radical (unpaired) electrons. The summed E-state index contributed by atoms with van der Waals surface area (Å²) in [7, 11) is 1.77. The van der Waals surface area contributed by atoms with Crippen molar-refractivity contribution in [2.75, 3.05) is 11.1 Å². The number of carboxylic acid groups (broad SMARTS) is 1. The maximum Gasteiger partial charge on any atom is 0.335 e. The maximum absolute atomic E-state index is 12.4. The summed E-state index contributed by atoms with van der Waals surface area (Å²) in [6.45, 7) is 3.77. The number of amides is 2. The van der Waals surface area contributed by atoms with Crippen LogP contribution in [0.4, 0.5) is 5.69 Å². The number of carboxylic acids is 1. The van der Waals surface area contributed by atoms with Crippen molar-refractivity contribution in [3.8, 4) is 0 Å². The van der Waals surface area contributed by atoms with Crippen LogP contribution < -0.4 is 10.6 Å². The third-order valence-corrected chi connectivity index (χ3v) is 5.69. The van der Waals surface area contributed by atoms with Gasteiger partial charge in [-0.15, -0.1) is 10.2 Å². The summed E-state index contributed by atoms with van der Waals surface area (Å²) in [4.78, 5) is 35.6. The minimum Gasteiger partial charge on any atom is -0.478 e. The van der Waals surface area contributed by atoms with Gasteiger partial charge in [-0.3, -0.25) is 9.59 Å². The third kappa shape index (κ3) is 5.73. The zero-order chi connectivity index (χ0) is 23.3. The van der Waals surface area contributed by atoms with Gasteiger partial charge in [0.25, 0.3) is 5.91 Å². The Bertz CT molecular complexity index is 1130. The first-order valence-electron chi connectivity index (χ1n) is 9.77. The van der Waals surface area contributed by atoms with Gasteiger partial charge in [-0.1, -0.05) is 29.5 Å². The molecule has 3 N–H and O–H groups in total. The molecular weight excluding hydrogens is 430 g/mol. The highest BCUT2D eigenvalue weighted by molar-refractivity contribution is 7.99. The van der Waals surface area contributed by atoms with Gasteiger partial charge in [-0.2, -0.15) is 0 Å². The molecule has 0 saturated heterocycles. The highest BCUT2D eigenvalue weighted by atomic mass is 32.2. The molecule has 0 bridgehead atoms. The molecule has 1 atom stereocenters. The van der Waals surface area contributed by atoms with Crippen LogP contribution in [0.5, 0.6) is 0 Å².